The molecule has 3 aliphatic rings. The van der Waals surface area contributed by atoms with Crippen LogP contribution in [0.15, 0.2) is 24.3 Å². The molecular formula is C15H18N2O. The third-order valence-electron chi connectivity index (χ3n) is 4.71. The molecule has 0 bridgehead atoms. The van der Waals surface area contributed by atoms with E-state index >= 15 is 0 Å². The van der Waals surface area contributed by atoms with Crippen molar-refractivity contribution in [3.05, 3.63) is 35.4 Å². The lowest BCUT2D eigenvalue weighted by Crippen LogP contribution is -2.52. The standard InChI is InChI=1S/C15H18N2O/c18-14-16-10-15(17(14)13-5-6-13)8-7-11-3-1-2-4-12(11)9-15/h1-4,13H,5-10H2,(H,16,18). The molecule has 3 heteroatoms. The van der Waals surface area contributed by atoms with Gasteiger partial charge in [0.15, 0.2) is 0 Å². The molecule has 94 valence electrons. The van der Waals surface area contributed by atoms with E-state index in [1.54, 1.807) is 0 Å². The normalized spacial score (nSPS) is 30.4. The Morgan fingerprint density at radius 2 is 2.00 bits per heavy atom. The van der Waals surface area contributed by atoms with E-state index in [1.165, 1.54) is 24.0 Å². The average molecular weight is 242 g/mol. The number of nitrogens with one attached hydrogen (secondary N) is 1. The van der Waals surface area contributed by atoms with E-state index in [1.807, 2.05) is 0 Å². The zero-order valence-corrected chi connectivity index (χ0v) is 10.5. The van der Waals surface area contributed by atoms with Crippen LogP contribution < -0.4 is 5.32 Å². The van der Waals surface area contributed by atoms with E-state index in [2.05, 4.69) is 34.5 Å². The second-order valence-electron chi connectivity index (χ2n) is 5.93. The number of hydrogen-bond donors (Lipinski definition) is 1. The third kappa shape index (κ3) is 1.39. The maximum absolute atomic E-state index is 12.1. The quantitative estimate of drug-likeness (QED) is 0.803. The van der Waals surface area contributed by atoms with Crippen LogP contribution >= 0.6 is 0 Å². The minimum absolute atomic E-state index is 0.0621. The monoisotopic (exact) mass is 242 g/mol. The van der Waals surface area contributed by atoms with Crippen molar-refractivity contribution in [2.45, 2.75) is 43.7 Å². The summed E-state index contributed by atoms with van der Waals surface area (Å²) >= 11 is 0. The Kier molecular flexibility index (Phi) is 2.02. The van der Waals surface area contributed by atoms with Gasteiger partial charge < -0.3 is 10.2 Å². The fourth-order valence-corrected chi connectivity index (χ4v) is 3.65. The van der Waals surface area contributed by atoms with Gasteiger partial charge in [-0.2, -0.15) is 0 Å². The average Bonchev–Trinajstić information content (AvgIpc) is 3.17. The van der Waals surface area contributed by atoms with E-state index in [9.17, 15) is 4.79 Å². The molecule has 2 aliphatic carbocycles. The van der Waals surface area contributed by atoms with Gasteiger partial charge in [0.05, 0.1) is 5.54 Å². The summed E-state index contributed by atoms with van der Waals surface area (Å²) in [7, 11) is 0. The highest BCUT2D eigenvalue weighted by Gasteiger charge is 2.52. The Morgan fingerprint density at radius 1 is 1.22 bits per heavy atom. The van der Waals surface area contributed by atoms with Crippen LogP contribution in [0.3, 0.4) is 0 Å². The summed E-state index contributed by atoms with van der Waals surface area (Å²) in [5.41, 5.74) is 2.97. The van der Waals surface area contributed by atoms with E-state index in [-0.39, 0.29) is 11.6 Å². The Bertz CT molecular complexity index is 509. The first-order chi connectivity index (χ1) is 8.78. The van der Waals surface area contributed by atoms with Crippen molar-refractivity contribution in [3.8, 4) is 0 Å². The molecule has 2 fully saturated rings. The van der Waals surface area contributed by atoms with Crippen molar-refractivity contribution in [3.63, 3.8) is 0 Å². The molecule has 1 atom stereocenters. The molecule has 3 nitrogen and oxygen atoms in total. The van der Waals surface area contributed by atoms with Gasteiger partial charge in [0.2, 0.25) is 0 Å². The first-order valence-electron chi connectivity index (χ1n) is 6.92. The third-order valence-corrected chi connectivity index (χ3v) is 4.71. The van der Waals surface area contributed by atoms with Crippen LogP contribution in [0.4, 0.5) is 4.79 Å². The Hall–Kier alpha value is -1.51. The number of amides is 2. The molecule has 18 heavy (non-hydrogen) atoms. The summed E-state index contributed by atoms with van der Waals surface area (Å²) in [5, 5.41) is 3.07. The molecular weight excluding hydrogens is 224 g/mol. The number of rotatable bonds is 1. The van der Waals surface area contributed by atoms with Gasteiger partial charge >= 0.3 is 6.03 Å². The molecule has 1 aliphatic heterocycles. The molecule has 1 aromatic rings. The number of urea groups is 1. The lowest BCUT2D eigenvalue weighted by atomic mass is 9.77. The fraction of sp³-hybridized carbons (Fsp3) is 0.533. The first kappa shape index (κ1) is 10.4. The summed E-state index contributed by atoms with van der Waals surface area (Å²) in [6.45, 7) is 0.830. The van der Waals surface area contributed by atoms with Crippen molar-refractivity contribution >= 4 is 6.03 Å². The SMILES string of the molecule is O=C1NCC2(CCc3ccccc3C2)N1C1CC1. The van der Waals surface area contributed by atoms with Gasteiger partial charge in [-0.25, -0.2) is 4.79 Å². The summed E-state index contributed by atoms with van der Waals surface area (Å²) in [5.74, 6) is 0. The molecule has 1 heterocycles. The second-order valence-corrected chi connectivity index (χ2v) is 5.93. The zero-order valence-electron chi connectivity index (χ0n) is 10.5. The molecule has 1 saturated carbocycles. The Labute approximate surface area is 107 Å². The molecule has 2 amide bonds. The van der Waals surface area contributed by atoms with Gasteiger partial charge in [-0.1, -0.05) is 24.3 Å². The molecule has 0 radical (unpaired) electrons. The second kappa shape index (κ2) is 3.50. The number of benzene rings is 1. The number of carbonyl (C=O) groups is 1. The molecule has 1 spiro atoms. The summed E-state index contributed by atoms with van der Waals surface area (Å²) in [4.78, 5) is 14.2. The van der Waals surface area contributed by atoms with Crippen molar-refractivity contribution in [1.82, 2.24) is 10.2 Å². The van der Waals surface area contributed by atoms with Gasteiger partial charge in [-0.15, -0.1) is 0 Å². The minimum atomic E-state index is 0.0621. The highest BCUT2D eigenvalue weighted by atomic mass is 16.2. The molecule has 4 rings (SSSR count). The predicted octanol–water partition coefficient (Wildman–Crippen LogP) is 2.10. The molecule has 1 saturated heterocycles. The fourth-order valence-electron chi connectivity index (χ4n) is 3.65. The van der Waals surface area contributed by atoms with Gasteiger partial charge in [0.25, 0.3) is 0 Å². The largest absolute Gasteiger partial charge is 0.336 e. The van der Waals surface area contributed by atoms with E-state index in [0.29, 0.717) is 6.04 Å². The number of hydrogen-bond acceptors (Lipinski definition) is 1. The molecule has 0 aromatic heterocycles. The van der Waals surface area contributed by atoms with Crippen LogP contribution in [-0.4, -0.2) is 29.1 Å². The lowest BCUT2D eigenvalue weighted by molar-refractivity contribution is 0.135. The van der Waals surface area contributed by atoms with Gasteiger partial charge in [-0.05, 0) is 43.2 Å². The van der Waals surface area contributed by atoms with Crippen molar-refractivity contribution in [2.75, 3.05) is 6.54 Å². The number of aryl methyl sites for hydroxylation is 1. The van der Waals surface area contributed by atoms with Crippen molar-refractivity contribution in [1.29, 1.82) is 0 Å². The van der Waals surface area contributed by atoms with Crippen LogP contribution in [0.2, 0.25) is 0 Å². The summed E-state index contributed by atoms with van der Waals surface area (Å²) in [6.07, 6.45) is 5.62. The summed E-state index contributed by atoms with van der Waals surface area (Å²) < 4.78 is 0. The van der Waals surface area contributed by atoms with Gasteiger partial charge in [0.1, 0.15) is 0 Å². The first-order valence-corrected chi connectivity index (χ1v) is 6.92. The highest BCUT2D eigenvalue weighted by molar-refractivity contribution is 5.79. The zero-order chi connectivity index (χ0) is 12.2. The minimum Gasteiger partial charge on any atom is -0.336 e. The predicted molar refractivity (Wildman–Crippen MR) is 69.5 cm³/mol. The van der Waals surface area contributed by atoms with E-state index in [4.69, 9.17) is 0 Å². The van der Waals surface area contributed by atoms with Crippen molar-refractivity contribution < 1.29 is 4.79 Å². The van der Waals surface area contributed by atoms with Crippen LogP contribution in [-0.2, 0) is 12.8 Å². The maximum atomic E-state index is 12.1. The maximum Gasteiger partial charge on any atom is 0.318 e. The number of nitrogens with zero attached hydrogens (tertiary/aromatic N) is 1. The van der Waals surface area contributed by atoms with Crippen LogP contribution in [0.5, 0.6) is 0 Å². The number of carbonyl (C=O) groups excluding carboxylic acids is 1. The lowest BCUT2D eigenvalue weighted by Gasteiger charge is -2.41. The summed E-state index contributed by atoms with van der Waals surface area (Å²) in [6, 6.07) is 9.37. The van der Waals surface area contributed by atoms with Crippen molar-refractivity contribution in [2.24, 2.45) is 0 Å². The Morgan fingerprint density at radius 3 is 2.78 bits per heavy atom. The van der Waals surface area contributed by atoms with E-state index < -0.39 is 0 Å². The van der Waals surface area contributed by atoms with Gasteiger partial charge in [0, 0.05) is 12.6 Å². The molecule has 1 unspecified atom stereocenters. The van der Waals surface area contributed by atoms with Crippen LogP contribution in [0.25, 0.3) is 0 Å². The molecule has 1 N–H and O–H groups in total. The van der Waals surface area contributed by atoms with Crippen LogP contribution in [0.1, 0.15) is 30.4 Å². The topological polar surface area (TPSA) is 32.3 Å². The van der Waals surface area contributed by atoms with Crippen LogP contribution in [0, 0.1) is 0 Å². The highest BCUT2D eigenvalue weighted by Crippen LogP contribution is 2.42. The van der Waals surface area contributed by atoms with E-state index in [0.717, 1.165) is 25.8 Å². The Balaban J connectivity index is 1.71. The smallest absolute Gasteiger partial charge is 0.318 e. The van der Waals surface area contributed by atoms with Gasteiger partial charge in [-0.3, -0.25) is 0 Å². The molecule has 1 aromatic carbocycles. The number of fused-ring (bicyclic) bond motifs is 1.